The Morgan fingerprint density at radius 1 is 1.53 bits per heavy atom. The number of carbonyl (C=O) groups excluding carboxylic acids is 1. The average Bonchev–Trinajstić information content (AvgIpc) is 2.99. The smallest absolute Gasteiger partial charge is 0.228 e. The van der Waals surface area contributed by atoms with Crippen LogP contribution in [0.4, 0.5) is 0 Å². The fourth-order valence-electron chi connectivity index (χ4n) is 2.51. The molecule has 3 heterocycles. The van der Waals surface area contributed by atoms with E-state index < -0.39 is 0 Å². The third kappa shape index (κ3) is 2.25. The van der Waals surface area contributed by atoms with Crippen LogP contribution in [0.5, 0.6) is 0 Å². The largest absolute Gasteiger partial charge is 0.333 e. The molecule has 0 fully saturated rings. The van der Waals surface area contributed by atoms with Gasteiger partial charge in [-0.1, -0.05) is 0 Å². The second-order valence-electron chi connectivity index (χ2n) is 4.80. The summed E-state index contributed by atoms with van der Waals surface area (Å²) in [6.45, 7) is 5.29. The van der Waals surface area contributed by atoms with Gasteiger partial charge in [-0.15, -0.1) is 21.5 Å². The number of rotatable bonds is 2. The van der Waals surface area contributed by atoms with Gasteiger partial charge in [-0.25, -0.2) is 0 Å². The van der Waals surface area contributed by atoms with E-state index in [4.69, 9.17) is 0 Å². The Balaban J connectivity index is 1.76. The van der Waals surface area contributed by atoms with Crippen LogP contribution in [-0.4, -0.2) is 37.1 Å². The van der Waals surface area contributed by atoms with Crippen LogP contribution in [0.2, 0.25) is 0 Å². The number of thiazole rings is 1. The van der Waals surface area contributed by atoms with Crippen molar-refractivity contribution in [1.82, 2.24) is 24.6 Å². The molecule has 2 aromatic rings. The summed E-state index contributed by atoms with van der Waals surface area (Å²) >= 11 is 1.51. The first-order valence-electron chi connectivity index (χ1n) is 6.20. The molecule has 0 saturated heterocycles. The third-order valence-electron chi connectivity index (χ3n) is 3.36. The summed E-state index contributed by atoms with van der Waals surface area (Å²) in [6.07, 6.45) is 2.17. The molecule has 1 amide bonds. The zero-order chi connectivity index (χ0) is 13.4. The molecular weight excluding hydrogens is 262 g/mol. The van der Waals surface area contributed by atoms with Gasteiger partial charge in [0.1, 0.15) is 5.82 Å². The van der Waals surface area contributed by atoms with Crippen LogP contribution in [0, 0.1) is 6.92 Å². The molecule has 0 N–H and O–H groups in total. The molecule has 3 rings (SSSR count). The molecule has 0 radical (unpaired) electrons. The number of fused-ring (bicyclic) bond motifs is 1. The lowest BCUT2D eigenvalue weighted by molar-refractivity contribution is -0.132. The predicted molar refractivity (Wildman–Crippen MR) is 70.7 cm³/mol. The van der Waals surface area contributed by atoms with Crippen LogP contribution < -0.4 is 0 Å². The minimum atomic E-state index is 0.128. The number of nitrogens with zero attached hydrogens (tertiary/aromatic N) is 5. The van der Waals surface area contributed by atoms with E-state index >= 15 is 0 Å². The number of hydrogen-bond donors (Lipinski definition) is 0. The molecule has 1 unspecified atom stereocenters. The number of aryl methyl sites for hydroxylation is 1. The lowest BCUT2D eigenvalue weighted by Gasteiger charge is -2.32. The molecular formula is C12H15N5OS. The maximum Gasteiger partial charge on any atom is 0.228 e. The second kappa shape index (κ2) is 4.73. The van der Waals surface area contributed by atoms with E-state index in [1.165, 1.54) is 11.3 Å². The predicted octanol–water partition coefficient (Wildman–Crippen LogP) is 1.19. The normalized spacial score (nSPS) is 18.4. The molecule has 0 saturated carbocycles. The third-order valence-corrected chi connectivity index (χ3v) is 4.14. The van der Waals surface area contributed by atoms with E-state index in [1.54, 1.807) is 11.7 Å². The Morgan fingerprint density at radius 2 is 2.37 bits per heavy atom. The molecule has 1 aliphatic heterocycles. The van der Waals surface area contributed by atoms with Crippen LogP contribution in [0.3, 0.4) is 0 Å². The van der Waals surface area contributed by atoms with Crippen molar-refractivity contribution >= 4 is 17.2 Å². The Labute approximate surface area is 115 Å². The van der Waals surface area contributed by atoms with Gasteiger partial charge in [-0.3, -0.25) is 9.78 Å². The van der Waals surface area contributed by atoms with E-state index in [1.807, 2.05) is 11.8 Å². The fourth-order valence-corrected chi connectivity index (χ4v) is 3.10. The first-order chi connectivity index (χ1) is 9.15. The number of hydrogen-bond acceptors (Lipinski definition) is 5. The van der Waals surface area contributed by atoms with E-state index in [9.17, 15) is 4.79 Å². The fraction of sp³-hybridized carbons (Fsp3) is 0.500. The molecule has 0 spiro atoms. The van der Waals surface area contributed by atoms with Gasteiger partial charge < -0.3 is 9.47 Å². The molecule has 6 nitrogen and oxygen atoms in total. The topological polar surface area (TPSA) is 63.9 Å². The Bertz CT molecular complexity index is 591. The lowest BCUT2D eigenvalue weighted by atomic mass is 10.2. The van der Waals surface area contributed by atoms with Crippen molar-refractivity contribution in [3.8, 4) is 0 Å². The summed E-state index contributed by atoms with van der Waals surface area (Å²) in [5, 5.41) is 8.23. The minimum absolute atomic E-state index is 0.128. The monoisotopic (exact) mass is 277 g/mol. The highest BCUT2D eigenvalue weighted by atomic mass is 32.1. The van der Waals surface area contributed by atoms with Crippen molar-refractivity contribution < 1.29 is 4.79 Å². The second-order valence-corrected chi connectivity index (χ2v) is 5.77. The SMILES string of the molecule is Cc1nnc2n1C(C)CN(C(=O)Cc1cncs1)C2. The van der Waals surface area contributed by atoms with Crippen LogP contribution >= 0.6 is 11.3 Å². The van der Waals surface area contributed by atoms with Crippen molar-refractivity contribution in [2.75, 3.05) is 6.54 Å². The van der Waals surface area contributed by atoms with Gasteiger partial charge in [-0.2, -0.15) is 0 Å². The average molecular weight is 277 g/mol. The molecule has 0 bridgehead atoms. The van der Waals surface area contributed by atoms with E-state index in [2.05, 4.69) is 26.7 Å². The highest BCUT2D eigenvalue weighted by Crippen LogP contribution is 2.22. The van der Waals surface area contributed by atoms with Crippen molar-refractivity contribution in [3.05, 3.63) is 28.2 Å². The van der Waals surface area contributed by atoms with Gasteiger partial charge >= 0.3 is 0 Å². The molecule has 1 atom stereocenters. The Kier molecular flexibility index (Phi) is 3.06. The van der Waals surface area contributed by atoms with Gasteiger partial charge in [0.15, 0.2) is 5.82 Å². The van der Waals surface area contributed by atoms with Crippen LogP contribution in [-0.2, 0) is 17.8 Å². The Hall–Kier alpha value is -1.76. The van der Waals surface area contributed by atoms with Crippen molar-refractivity contribution in [2.45, 2.75) is 32.9 Å². The van der Waals surface area contributed by atoms with Gasteiger partial charge in [0, 0.05) is 17.6 Å². The number of aromatic nitrogens is 4. The number of amides is 1. The molecule has 0 aromatic carbocycles. The van der Waals surface area contributed by atoms with Gasteiger partial charge in [0.2, 0.25) is 5.91 Å². The lowest BCUT2D eigenvalue weighted by Crippen LogP contribution is -2.41. The van der Waals surface area contributed by atoms with Gasteiger partial charge in [-0.05, 0) is 13.8 Å². The van der Waals surface area contributed by atoms with Gasteiger partial charge in [0.25, 0.3) is 0 Å². The highest BCUT2D eigenvalue weighted by molar-refractivity contribution is 7.09. The van der Waals surface area contributed by atoms with Crippen molar-refractivity contribution in [1.29, 1.82) is 0 Å². The minimum Gasteiger partial charge on any atom is -0.333 e. The Morgan fingerprint density at radius 3 is 3.11 bits per heavy atom. The summed E-state index contributed by atoms with van der Waals surface area (Å²) in [4.78, 5) is 19.1. The number of carbonyl (C=O) groups is 1. The molecule has 1 aliphatic rings. The maximum atomic E-state index is 12.3. The van der Waals surface area contributed by atoms with Crippen LogP contribution in [0.25, 0.3) is 0 Å². The van der Waals surface area contributed by atoms with E-state index in [0.29, 0.717) is 19.5 Å². The zero-order valence-electron chi connectivity index (χ0n) is 10.9. The molecule has 19 heavy (non-hydrogen) atoms. The standard InChI is InChI=1S/C12H15N5OS/c1-8-5-16(6-11-15-14-9(2)17(8)11)12(18)3-10-4-13-7-19-10/h4,7-8H,3,5-6H2,1-2H3. The van der Waals surface area contributed by atoms with Crippen molar-refractivity contribution in [2.24, 2.45) is 0 Å². The van der Waals surface area contributed by atoms with Crippen LogP contribution in [0.15, 0.2) is 11.7 Å². The molecule has 2 aromatic heterocycles. The summed E-state index contributed by atoms with van der Waals surface area (Å²) < 4.78 is 2.11. The zero-order valence-corrected chi connectivity index (χ0v) is 11.7. The summed E-state index contributed by atoms with van der Waals surface area (Å²) in [5.41, 5.74) is 1.75. The van der Waals surface area contributed by atoms with Crippen molar-refractivity contribution in [3.63, 3.8) is 0 Å². The van der Waals surface area contributed by atoms with E-state index in [0.717, 1.165) is 16.5 Å². The molecule has 7 heteroatoms. The first kappa shape index (κ1) is 12.3. The van der Waals surface area contributed by atoms with Gasteiger partial charge in [0.05, 0.1) is 24.5 Å². The maximum absolute atomic E-state index is 12.3. The van der Waals surface area contributed by atoms with E-state index in [-0.39, 0.29) is 11.9 Å². The quantitative estimate of drug-likeness (QED) is 0.827. The molecule has 100 valence electrons. The van der Waals surface area contributed by atoms with Crippen LogP contribution in [0.1, 0.15) is 29.5 Å². The molecule has 0 aliphatic carbocycles. The summed E-state index contributed by atoms with van der Waals surface area (Å²) in [5.74, 6) is 1.91. The highest BCUT2D eigenvalue weighted by Gasteiger charge is 2.28. The summed E-state index contributed by atoms with van der Waals surface area (Å²) in [6, 6.07) is 0.226. The summed E-state index contributed by atoms with van der Waals surface area (Å²) in [7, 11) is 0. The first-order valence-corrected chi connectivity index (χ1v) is 7.08.